The van der Waals surface area contributed by atoms with Crippen LogP contribution in [0.25, 0.3) is 11.1 Å². The lowest BCUT2D eigenvalue weighted by molar-refractivity contribution is 0.0126. The number of rotatable bonds is 6. The summed E-state index contributed by atoms with van der Waals surface area (Å²) in [7, 11) is -3.80. The fourth-order valence-corrected chi connectivity index (χ4v) is 6.00. The third-order valence-corrected chi connectivity index (χ3v) is 8.53. The molecule has 0 atom stereocenters. The van der Waals surface area contributed by atoms with Crippen LogP contribution >= 0.6 is 34.2 Å². The quantitative estimate of drug-likeness (QED) is 0.231. The molecule has 2 heterocycles. The van der Waals surface area contributed by atoms with E-state index in [0.29, 0.717) is 18.4 Å². The SMILES string of the molecule is CC1(O)CCN(S(=O)(=O)c2ccc(-c3c(Cl)cc(Nc4n[nH]c(N)n4)cc3C(F)(F)I)cc2)CC1. The third kappa shape index (κ3) is 5.69. The molecule has 0 radical (unpaired) electrons. The minimum Gasteiger partial charge on any atom is -0.390 e. The van der Waals surface area contributed by atoms with Gasteiger partial charge in [0.1, 0.15) is 0 Å². The molecule has 0 bridgehead atoms. The Labute approximate surface area is 219 Å². The fourth-order valence-electron chi connectivity index (χ4n) is 3.81. The van der Waals surface area contributed by atoms with Crippen LogP contribution in [-0.2, 0) is 14.0 Å². The number of nitrogens with two attached hydrogens (primary N) is 1. The van der Waals surface area contributed by atoms with E-state index in [2.05, 4.69) is 20.5 Å². The van der Waals surface area contributed by atoms with Gasteiger partial charge in [0.15, 0.2) is 0 Å². The summed E-state index contributed by atoms with van der Waals surface area (Å²) >= 11 is 7.44. The highest BCUT2D eigenvalue weighted by Crippen LogP contribution is 2.46. The summed E-state index contributed by atoms with van der Waals surface area (Å²) in [6, 6.07) is 8.30. The van der Waals surface area contributed by atoms with Crippen molar-refractivity contribution in [1.82, 2.24) is 19.5 Å². The molecule has 5 N–H and O–H groups in total. The molecule has 14 heteroatoms. The number of benzene rings is 2. The van der Waals surface area contributed by atoms with Crippen LogP contribution in [0, 0.1) is 0 Å². The monoisotopic (exact) mass is 638 g/mol. The average molecular weight is 639 g/mol. The lowest BCUT2D eigenvalue weighted by atomic mass is 9.95. The zero-order valence-electron chi connectivity index (χ0n) is 18.4. The van der Waals surface area contributed by atoms with Gasteiger partial charge in [-0.15, -0.1) is 5.10 Å². The molecular formula is C21H22ClF2IN6O3S. The van der Waals surface area contributed by atoms with Gasteiger partial charge in [-0.05, 0) is 49.6 Å². The molecule has 1 saturated heterocycles. The summed E-state index contributed by atoms with van der Waals surface area (Å²) in [5.41, 5.74) is 4.85. The molecule has 0 unspecified atom stereocenters. The van der Waals surface area contributed by atoms with E-state index >= 15 is 0 Å². The Bertz CT molecular complexity index is 1340. The highest BCUT2D eigenvalue weighted by Gasteiger charge is 2.35. The molecular weight excluding hydrogens is 617 g/mol. The van der Waals surface area contributed by atoms with Crippen molar-refractivity contribution >= 4 is 61.8 Å². The first kappa shape index (κ1) is 26.0. The molecule has 35 heavy (non-hydrogen) atoms. The zero-order valence-corrected chi connectivity index (χ0v) is 22.1. The van der Waals surface area contributed by atoms with E-state index in [1.54, 1.807) is 6.92 Å². The third-order valence-electron chi connectivity index (χ3n) is 5.73. The number of halogens is 4. The van der Waals surface area contributed by atoms with Crippen LogP contribution in [0.2, 0.25) is 5.02 Å². The normalized spacial score (nSPS) is 16.9. The predicted octanol–water partition coefficient (Wildman–Crippen LogP) is 4.47. The van der Waals surface area contributed by atoms with Crippen LogP contribution in [-0.4, -0.2) is 51.7 Å². The Hall–Kier alpha value is -2.07. The first-order chi connectivity index (χ1) is 16.3. The second-order valence-electron chi connectivity index (χ2n) is 8.47. The largest absolute Gasteiger partial charge is 0.390 e. The number of H-pyrrole nitrogens is 1. The number of nitrogens with one attached hydrogen (secondary N) is 2. The van der Waals surface area contributed by atoms with Crippen LogP contribution in [0.1, 0.15) is 25.3 Å². The van der Waals surface area contributed by atoms with Crippen molar-refractivity contribution in [2.24, 2.45) is 0 Å². The van der Waals surface area contributed by atoms with E-state index in [-0.39, 0.29) is 51.7 Å². The molecule has 1 aliphatic rings. The van der Waals surface area contributed by atoms with Gasteiger partial charge in [-0.25, -0.2) is 13.5 Å². The molecule has 1 aliphatic heterocycles. The van der Waals surface area contributed by atoms with Crippen LogP contribution in [0.5, 0.6) is 0 Å². The van der Waals surface area contributed by atoms with Gasteiger partial charge >= 0.3 is 3.93 Å². The zero-order chi connectivity index (χ0) is 25.6. The van der Waals surface area contributed by atoms with Gasteiger partial charge < -0.3 is 16.2 Å². The standard InChI is InChI=1S/C21H22ClF2IN6O3S/c1-20(32)6-8-31(9-7-20)35(33,34)14-4-2-12(3-5-14)17-15(21(23,24)25)10-13(11-16(17)22)27-19-28-18(26)29-30-19/h2-5,10-11,32H,6-9H2,1H3,(H4,26,27,28,29,30). The van der Waals surface area contributed by atoms with E-state index in [4.69, 9.17) is 17.3 Å². The smallest absolute Gasteiger partial charge is 0.322 e. The van der Waals surface area contributed by atoms with Crippen LogP contribution in [0.3, 0.4) is 0 Å². The number of hydrogen-bond donors (Lipinski definition) is 4. The second kappa shape index (κ2) is 9.42. The molecule has 3 aromatic rings. The Morgan fingerprint density at radius 2 is 1.89 bits per heavy atom. The summed E-state index contributed by atoms with van der Waals surface area (Å²) in [5.74, 6) is 0.141. The number of alkyl halides is 3. The lowest BCUT2D eigenvalue weighted by Gasteiger charge is -2.35. The van der Waals surface area contributed by atoms with E-state index < -0.39 is 19.6 Å². The van der Waals surface area contributed by atoms with E-state index in [1.807, 2.05) is 0 Å². The number of nitrogens with zero attached hydrogens (tertiary/aromatic N) is 3. The Balaban J connectivity index is 1.66. The van der Waals surface area contributed by atoms with Crippen LogP contribution in [0.4, 0.5) is 26.4 Å². The van der Waals surface area contributed by atoms with Gasteiger partial charge in [-0.3, -0.25) is 0 Å². The van der Waals surface area contributed by atoms with Gasteiger partial charge in [0.2, 0.25) is 21.9 Å². The van der Waals surface area contributed by atoms with Crippen molar-refractivity contribution in [2.45, 2.75) is 34.2 Å². The molecule has 0 aliphatic carbocycles. The molecule has 0 amide bonds. The highest BCUT2D eigenvalue weighted by atomic mass is 127. The molecule has 1 aromatic heterocycles. The van der Waals surface area contributed by atoms with Crippen molar-refractivity contribution in [3.63, 3.8) is 0 Å². The molecule has 2 aromatic carbocycles. The van der Waals surface area contributed by atoms with Gasteiger partial charge in [0.25, 0.3) is 0 Å². The van der Waals surface area contributed by atoms with Crippen molar-refractivity contribution in [1.29, 1.82) is 0 Å². The Kier molecular flexibility index (Phi) is 7.00. The van der Waals surface area contributed by atoms with Crippen molar-refractivity contribution in [2.75, 3.05) is 24.1 Å². The number of anilines is 3. The molecule has 9 nitrogen and oxygen atoms in total. The number of sulfonamides is 1. The number of aromatic amines is 1. The number of hydrogen-bond acceptors (Lipinski definition) is 7. The van der Waals surface area contributed by atoms with E-state index in [1.165, 1.54) is 40.7 Å². The van der Waals surface area contributed by atoms with E-state index in [0.717, 1.165) is 22.6 Å². The maximum absolute atomic E-state index is 14.6. The summed E-state index contributed by atoms with van der Waals surface area (Å²) in [5, 5.41) is 19.1. The minimum absolute atomic E-state index is 0.0266. The topological polar surface area (TPSA) is 137 Å². The van der Waals surface area contributed by atoms with Gasteiger partial charge in [0.05, 0.1) is 15.5 Å². The lowest BCUT2D eigenvalue weighted by Crippen LogP contribution is -2.45. The number of piperidine rings is 1. The summed E-state index contributed by atoms with van der Waals surface area (Å²) in [6.07, 6.45) is 0.656. The molecule has 0 spiro atoms. The van der Waals surface area contributed by atoms with Gasteiger partial charge in [-0.2, -0.15) is 18.1 Å². The predicted molar refractivity (Wildman–Crippen MR) is 137 cm³/mol. The maximum atomic E-state index is 14.6. The maximum Gasteiger partial charge on any atom is 0.322 e. The minimum atomic E-state index is -3.80. The first-order valence-corrected chi connectivity index (χ1v) is 13.3. The fraction of sp³-hybridized carbons (Fsp3) is 0.333. The summed E-state index contributed by atoms with van der Waals surface area (Å²) in [6.45, 7) is 2.07. The van der Waals surface area contributed by atoms with Gasteiger partial charge in [-0.1, -0.05) is 23.7 Å². The second-order valence-corrected chi connectivity index (χ2v) is 12.2. The number of nitrogen functional groups attached to an aromatic ring is 1. The van der Waals surface area contributed by atoms with Gasteiger partial charge in [0, 0.05) is 52.5 Å². The number of aliphatic hydroxyl groups is 1. The van der Waals surface area contributed by atoms with E-state index in [9.17, 15) is 22.3 Å². The Morgan fingerprint density at radius 1 is 1.26 bits per heavy atom. The highest BCUT2D eigenvalue weighted by molar-refractivity contribution is 14.1. The summed E-state index contributed by atoms with van der Waals surface area (Å²) in [4.78, 5) is 3.91. The molecule has 1 fully saturated rings. The molecule has 0 saturated carbocycles. The van der Waals surface area contributed by atoms with Crippen molar-refractivity contribution < 1.29 is 22.3 Å². The average Bonchev–Trinajstić information content (AvgIpc) is 3.17. The first-order valence-electron chi connectivity index (χ1n) is 10.4. The van der Waals surface area contributed by atoms with Crippen molar-refractivity contribution in [3.05, 3.63) is 47.0 Å². The Morgan fingerprint density at radius 3 is 2.43 bits per heavy atom. The van der Waals surface area contributed by atoms with Crippen molar-refractivity contribution in [3.8, 4) is 11.1 Å². The summed E-state index contributed by atoms with van der Waals surface area (Å²) < 4.78 is 53.3. The molecule has 4 rings (SSSR count). The van der Waals surface area contributed by atoms with Crippen LogP contribution in [0.15, 0.2) is 41.3 Å². The van der Waals surface area contributed by atoms with Crippen LogP contribution < -0.4 is 11.1 Å². The molecule has 188 valence electrons. The number of aromatic nitrogens is 3.